The Kier molecular flexibility index (Phi) is 5.51. The van der Waals surface area contributed by atoms with Gasteiger partial charge in [-0.2, -0.15) is 0 Å². The van der Waals surface area contributed by atoms with Gasteiger partial charge in [-0.05, 0) is 5.92 Å². The Balaban J connectivity index is 2.09. The summed E-state index contributed by atoms with van der Waals surface area (Å²) in [6.07, 6.45) is 2.05. The van der Waals surface area contributed by atoms with Crippen LogP contribution >= 0.6 is 11.3 Å². The highest BCUT2D eigenvalue weighted by molar-refractivity contribution is 7.17. The fraction of sp³-hybridized carbons (Fsp3) is 0.625. The molecule has 1 aromatic rings. The molecule has 2 rings (SSSR count). The summed E-state index contributed by atoms with van der Waals surface area (Å²) in [6.45, 7) is 4.06. The van der Waals surface area contributed by atoms with Gasteiger partial charge in [-0.15, -0.1) is 0 Å². The topological polar surface area (TPSA) is 79.4 Å². The number of carbonyl (C=O) groups excluding carboxylic acids is 3. The summed E-state index contributed by atoms with van der Waals surface area (Å²) in [5.41, 5.74) is 0.630. The van der Waals surface area contributed by atoms with Crippen molar-refractivity contribution in [3.05, 3.63) is 10.6 Å². The molecule has 1 heterocycles. The van der Waals surface area contributed by atoms with Gasteiger partial charge in [-0.25, -0.2) is 4.98 Å². The van der Waals surface area contributed by atoms with Crippen molar-refractivity contribution in [1.29, 1.82) is 0 Å². The normalized spacial score (nSPS) is 18.3. The molecular weight excluding hydrogens is 314 g/mol. The average molecular weight is 337 g/mol. The number of hydrogen-bond donors (Lipinski definition) is 1. The van der Waals surface area contributed by atoms with Gasteiger partial charge in [0.2, 0.25) is 11.8 Å². The summed E-state index contributed by atoms with van der Waals surface area (Å²) in [5.74, 6) is -0.242. The largest absolute Gasteiger partial charge is 0.349 e. The number of ketones is 1. The van der Waals surface area contributed by atoms with Crippen LogP contribution in [0.25, 0.3) is 0 Å². The second kappa shape index (κ2) is 7.21. The van der Waals surface area contributed by atoms with Gasteiger partial charge in [0.25, 0.3) is 0 Å². The third kappa shape index (κ3) is 4.16. The lowest BCUT2D eigenvalue weighted by atomic mass is 9.89. The lowest BCUT2D eigenvalue weighted by molar-refractivity contribution is -0.133. The van der Waals surface area contributed by atoms with E-state index in [2.05, 4.69) is 10.3 Å². The van der Waals surface area contributed by atoms with Crippen LogP contribution in [0.4, 0.5) is 5.13 Å². The maximum Gasteiger partial charge on any atom is 0.226 e. The zero-order valence-electron chi connectivity index (χ0n) is 14.0. The number of fused-ring (bicyclic) bond motifs is 1. The zero-order chi connectivity index (χ0) is 17.1. The Bertz CT molecular complexity index is 624. The van der Waals surface area contributed by atoms with Crippen molar-refractivity contribution >= 4 is 34.1 Å². The smallest absolute Gasteiger partial charge is 0.226 e. The summed E-state index contributed by atoms with van der Waals surface area (Å²) in [5, 5.41) is 3.23. The SMILES string of the molecule is CCC(C)CC(=O)Nc1nc2c(s1)C(=O)CC(C(=O)N(C)C)C2. The minimum absolute atomic E-state index is 0.0562. The molecule has 0 saturated heterocycles. The number of Topliss-reactive ketones (excluding diaryl/α,β-unsaturated/α-hetero) is 1. The maximum atomic E-state index is 12.2. The molecule has 1 aromatic heterocycles. The third-order valence-corrected chi connectivity index (χ3v) is 5.14. The van der Waals surface area contributed by atoms with Gasteiger partial charge in [0, 0.05) is 33.4 Å². The fourth-order valence-electron chi connectivity index (χ4n) is 2.55. The van der Waals surface area contributed by atoms with Crippen LogP contribution in [-0.4, -0.2) is 41.6 Å². The molecule has 0 saturated carbocycles. The molecule has 1 aliphatic rings. The molecule has 0 fully saturated rings. The molecular formula is C16H23N3O3S. The van der Waals surface area contributed by atoms with E-state index < -0.39 is 0 Å². The highest BCUT2D eigenvalue weighted by Gasteiger charge is 2.33. The minimum Gasteiger partial charge on any atom is -0.349 e. The van der Waals surface area contributed by atoms with Crippen LogP contribution in [-0.2, 0) is 16.0 Å². The molecule has 0 bridgehead atoms. The molecule has 0 spiro atoms. The van der Waals surface area contributed by atoms with Crippen LogP contribution in [0.2, 0.25) is 0 Å². The number of aromatic nitrogens is 1. The van der Waals surface area contributed by atoms with Crippen LogP contribution in [0.15, 0.2) is 0 Å². The Hall–Kier alpha value is -1.76. The van der Waals surface area contributed by atoms with Gasteiger partial charge in [0.1, 0.15) is 0 Å². The van der Waals surface area contributed by atoms with Crippen LogP contribution in [0.1, 0.15) is 48.5 Å². The van der Waals surface area contributed by atoms with Crippen LogP contribution < -0.4 is 5.32 Å². The number of carbonyl (C=O) groups is 3. The summed E-state index contributed by atoms with van der Waals surface area (Å²) in [4.78, 5) is 42.7. The fourth-order valence-corrected chi connectivity index (χ4v) is 3.51. The Labute approximate surface area is 140 Å². The van der Waals surface area contributed by atoms with E-state index in [9.17, 15) is 14.4 Å². The highest BCUT2D eigenvalue weighted by atomic mass is 32.1. The van der Waals surface area contributed by atoms with Crippen LogP contribution in [0, 0.1) is 11.8 Å². The molecule has 0 radical (unpaired) electrons. The van der Waals surface area contributed by atoms with Crippen LogP contribution in [0.3, 0.4) is 0 Å². The molecule has 126 valence electrons. The molecule has 7 heteroatoms. The zero-order valence-corrected chi connectivity index (χ0v) is 14.8. The quantitative estimate of drug-likeness (QED) is 0.894. The number of anilines is 1. The van der Waals surface area contributed by atoms with Crippen molar-refractivity contribution in [2.24, 2.45) is 11.8 Å². The van der Waals surface area contributed by atoms with E-state index in [1.807, 2.05) is 13.8 Å². The summed E-state index contributed by atoms with van der Waals surface area (Å²) >= 11 is 1.21. The van der Waals surface area contributed by atoms with Crippen molar-refractivity contribution in [1.82, 2.24) is 9.88 Å². The van der Waals surface area contributed by atoms with Gasteiger partial charge < -0.3 is 10.2 Å². The molecule has 0 aliphatic heterocycles. The predicted octanol–water partition coefficient (Wildman–Crippen LogP) is 2.35. The Morgan fingerprint density at radius 3 is 2.70 bits per heavy atom. The molecule has 2 unspecified atom stereocenters. The maximum absolute atomic E-state index is 12.2. The van der Waals surface area contributed by atoms with E-state index in [4.69, 9.17) is 0 Å². The second-order valence-electron chi connectivity index (χ2n) is 6.32. The number of thiazole rings is 1. The van der Waals surface area contributed by atoms with Crippen molar-refractivity contribution in [2.45, 2.75) is 39.5 Å². The standard InChI is InChI=1S/C16H23N3O3S/c1-5-9(2)6-13(21)18-16-17-11-7-10(15(22)19(3)4)8-12(20)14(11)23-16/h9-10H,5-8H2,1-4H3,(H,17,18,21). The number of nitrogens with one attached hydrogen (secondary N) is 1. The molecule has 0 aromatic carbocycles. The number of hydrogen-bond acceptors (Lipinski definition) is 5. The monoisotopic (exact) mass is 337 g/mol. The third-order valence-electron chi connectivity index (χ3n) is 4.09. The van der Waals surface area contributed by atoms with Crippen molar-refractivity contribution in [3.8, 4) is 0 Å². The molecule has 1 N–H and O–H groups in total. The summed E-state index contributed by atoms with van der Waals surface area (Å²) in [6, 6.07) is 0. The van der Waals surface area contributed by atoms with Gasteiger partial charge in [-0.3, -0.25) is 14.4 Å². The van der Waals surface area contributed by atoms with Crippen LogP contribution in [0.5, 0.6) is 0 Å². The van der Waals surface area contributed by atoms with Gasteiger partial charge in [0.15, 0.2) is 10.9 Å². The van der Waals surface area contributed by atoms with Gasteiger partial charge in [-0.1, -0.05) is 31.6 Å². The summed E-state index contributed by atoms with van der Waals surface area (Å²) in [7, 11) is 3.37. The predicted molar refractivity (Wildman–Crippen MR) is 89.7 cm³/mol. The number of nitrogens with zero attached hydrogens (tertiary/aromatic N) is 2. The average Bonchev–Trinajstić information content (AvgIpc) is 2.88. The van der Waals surface area contributed by atoms with Gasteiger partial charge >= 0.3 is 0 Å². The van der Waals surface area contributed by atoms with E-state index in [0.717, 1.165) is 6.42 Å². The molecule has 23 heavy (non-hydrogen) atoms. The molecule has 6 nitrogen and oxygen atoms in total. The first-order valence-electron chi connectivity index (χ1n) is 7.85. The Morgan fingerprint density at radius 2 is 2.09 bits per heavy atom. The Morgan fingerprint density at radius 1 is 1.39 bits per heavy atom. The summed E-state index contributed by atoms with van der Waals surface area (Å²) < 4.78 is 0. The number of rotatable bonds is 5. The first-order chi connectivity index (χ1) is 10.8. The van der Waals surface area contributed by atoms with E-state index in [1.54, 1.807) is 14.1 Å². The molecule has 1 aliphatic carbocycles. The van der Waals surface area contributed by atoms with E-state index in [-0.39, 0.29) is 29.9 Å². The highest BCUT2D eigenvalue weighted by Crippen LogP contribution is 2.33. The van der Waals surface area contributed by atoms with Crippen molar-refractivity contribution < 1.29 is 14.4 Å². The molecule has 2 atom stereocenters. The van der Waals surface area contributed by atoms with E-state index in [1.165, 1.54) is 16.2 Å². The first-order valence-corrected chi connectivity index (χ1v) is 8.67. The van der Waals surface area contributed by atoms with E-state index >= 15 is 0 Å². The number of amides is 2. The second-order valence-corrected chi connectivity index (χ2v) is 7.32. The minimum atomic E-state index is -0.351. The first kappa shape index (κ1) is 17.6. The van der Waals surface area contributed by atoms with E-state index in [0.29, 0.717) is 34.5 Å². The molecule has 2 amide bonds. The van der Waals surface area contributed by atoms with Crippen molar-refractivity contribution in [3.63, 3.8) is 0 Å². The van der Waals surface area contributed by atoms with Gasteiger partial charge in [0.05, 0.1) is 16.5 Å². The van der Waals surface area contributed by atoms with Crippen molar-refractivity contribution in [2.75, 3.05) is 19.4 Å². The lowest BCUT2D eigenvalue weighted by Crippen LogP contribution is -2.34. The lowest BCUT2D eigenvalue weighted by Gasteiger charge is -2.22.